The monoisotopic (exact) mass is 377 g/mol. The van der Waals surface area contributed by atoms with E-state index in [1.54, 1.807) is 4.57 Å². The molecule has 134 valence electrons. The molecule has 0 aliphatic carbocycles. The Morgan fingerprint density at radius 3 is 2.74 bits per heavy atom. The van der Waals surface area contributed by atoms with Crippen molar-refractivity contribution < 1.29 is 4.42 Å². The van der Waals surface area contributed by atoms with Crippen LogP contribution in [-0.4, -0.2) is 24.1 Å². The second-order valence-corrected chi connectivity index (χ2v) is 6.98. The van der Waals surface area contributed by atoms with Gasteiger partial charge in [0.2, 0.25) is 5.78 Å². The van der Waals surface area contributed by atoms with Crippen LogP contribution in [0.1, 0.15) is 12.7 Å². The van der Waals surface area contributed by atoms with Crippen molar-refractivity contribution in [1.82, 2.24) is 24.1 Å². The van der Waals surface area contributed by atoms with Gasteiger partial charge in [0.15, 0.2) is 5.58 Å². The van der Waals surface area contributed by atoms with Crippen LogP contribution in [-0.2, 0) is 12.3 Å². The summed E-state index contributed by atoms with van der Waals surface area (Å²) in [5, 5.41) is 9.83. The highest BCUT2D eigenvalue weighted by molar-refractivity contribution is 7.98. The summed E-state index contributed by atoms with van der Waals surface area (Å²) in [6, 6.07) is 15.2. The smallest absolute Gasteiger partial charge is 0.262 e. The van der Waals surface area contributed by atoms with Gasteiger partial charge in [-0.1, -0.05) is 36.0 Å². The Hall–Kier alpha value is -3.13. The molecule has 8 heteroatoms. The van der Waals surface area contributed by atoms with Crippen LogP contribution in [0.4, 0.5) is 0 Å². The number of fused-ring (bicyclic) bond motifs is 4. The molecule has 0 bridgehead atoms. The predicted octanol–water partition coefficient (Wildman–Crippen LogP) is 3.50. The molecule has 3 aromatic heterocycles. The minimum atomic E-state index is -0.0499. The first kappa shape index (κ1) is 16.1. The summed E-state index contributed by atoms with van der Waals surface area (Å²) in [5.74, 6) is 1.82. The molecule has 2 aromatic carbocycles. The highest BCUT2D eigenvalue weighted by Gasteiger charge is 2.16. The van der Waals surface area contributed by atoms with E-state index in [0.29, 0.717) is 28.7 Å². The summed E-state index contributed by atoms with van der Waals surface area (Å²) < 4.78 is 9.35. The van der Waals surface area contributed by atoms with Crippen LogP contribution in [0.3, 0.4) is 0 Å². The predicted molar refractivity (Wildman–Crippen MR) is 104 cm³/mol. The van der Waals surface area contributed by atoms with Gasteiger partial charge >= 0.3 is 0 Å². The molecule has 0 aliphatic rings. The summed E-state index contributed by atoms with van der Waals surface area (Å²) >= 11 is 1.46. The number of aromatic nitrogens is 5. The topological polar surface area (TPSA) is 78.2 Å². The molecule has 0 saturated heterocycles. The highest BCUT2D eigenvalue weighted by atomic mass is 32.2. The van der Waals surface area contributed by atoms with Crippen molar-refractivity contribution in [2.75, 3.05) is 0 Å². The van der Waals surface area contributed by atoms with Gasteiger partial charge in [0.1, 0.15) is 11.3 Å². The van der Waals surface area contributed by atoms with E-state index in [-0.39, 0.29) is 5.56 Å². The zero-order chi connectivity index (χ0) is 18.4. The lowest BCUT2D eigenvalue weighted by molar-refractivity contribution is 0.489. The summed E-state index contributed by atoms with van der Waals surface area (Å²) in [7, 11) is 0. The van der Waals surface area contributed by atoms with Crippen molar-refractivity contribution in [3.63, 3.8) is 0 Å². The Labute approximate surface area is 157 Å². The number of oxazole rings is 1. The fourth-order valence-corrected chi connectivity index (χ4v) is 3.98. The first-order valence-corrected chi connectivity index (χ1v) is 9.58. The van der Waals surface area contributed by atoms with Crippen LogP contribution in [0.25, 0.3) is 27.8 Å². The fourth-order valence-electron chi connectivity index (χ4n) is 3.23. The van der Waals surface area contributed by atoms with Gasteiger partial charge in [0.25, 0.3) is 10.8 Å². The van der Waals surface area contributed by atoms with Crippen LogP contribution in [0, 0.1) is 0 Å². The Balaban J connectivity index is 1.61. The molecule has 7 nitrogen and oxygen atoms in total. The van der Waals surface area contributed by atoms with Gasteiger partial charge in [-0.05, 0) is 31.2 Å². The van der Waals surface area contributed by atoms with E-state index in [1.807, 2.05) is 59.9 Å². The summed E-state index contributed by atoms with van der Waals surface area (Å²) in [6.07, 6.45) is 0. The molecule has 0 N–H and O–H groups in total. The molecule has 0 fully saturated rings. The molecular formula is C19H15N5O2S. The molecule has 0 unspecified atom stereocenters. The number of hydrogen-bond acceptors (Lipinski definition) is 6. The maximum Gasteiger partial charge on any atom is 0.262 e. The first-order valence-electron chi connectivity index (χ1n) is 8.60. The lowest BCUT2D eigenvalue weighted by Crippen LogP contribution is -2.22. The van der Waals surface area contributed by atoms with Crippen LogP contribution >= 0.6 is 11.8 Å². The van der Waals surface area contributed by atoms with Crippen LogP contribution in [0.15, 0.2) is 63.0 Å². The van der Waals surface area contributed by atoms with Crippen molar-refractivity contribution in [2.24, 2.45) is 0 Å². The average Bonchev–Trinajstić information content (AvgIpc) is 3.30. The standard InChI is InChI=1S/C19H15N5O2S/c1-2-23-17(25)12-7-3-5-9-14(12)24-16(21-22-18(23)24)11-27-19-20-13-8-4-6-10-15(13)26-19/h3-10H,2,11H2,1H3. The van der Waals surface area contributed by atoms with E-state index in [4.69, 9.17) is 4.42 Å². The van der Waals surface area contributed by atoms with Gasteiger partial charge in [-0.2, -0.15) is 0 Å². The van der Waals surface area contributed by atoms with E-state index in [2.05, 4.69) is 15.2 Å². The molecule has 0 amide bonds. The van der Waals surface area contributed by atoms with Gasteiger partial charge in [0.05, 0.1) is 16.7 Å². The average molecular weight is 377 g/mol. The molecule has 0 atom stereocenters. The molecule has 3 heterocycles. The van der Waals surface area contributed by atoms with E-state index in [0.717, 1.165) is 22.4 Å². The Kier molecular flexibility index (Phi) is 3.71. The van der Waals surface area contributed by atoms with E-state index in [1.165, 1.54) is 11.8 Å². The normalized spacial score (nSPS) is 11.7. The first-order chi connectivity index (χ1) is 13.3. The Morgan fingerprint density at radius 1 is 1.07 bits per heavy atom. The Morgan fingerprint density at radius 2 is 1.89 bits per heavy atom. The zero-order valence-electron chi connectivity index (χ0n) is 14.5. The zero-order valence-corrected chi connectivity index (χ0v) is 15.3. The van der Waals surface area contributed by atoms with Crippen molar-refractivity contribution in [1.29, 1.82) is 0 Å². The highest BCUT2D eigenvalue weighted by Crippen LogP contribution is 2.26. The third kappa shape index (κ3) is 2.52. The number of thioether (sulfide) groups is 1. The quantitative estimate of drug-likeness (QED) is 0.446. The second-order valence-electron chi connectivity index (χ2n) is 6.05. The van der Waals surface area contributed by atoms with Crippen molar-refractivity contribution in [2.45, 2.75) is 24.4 Å². The van der Waals surface area contributed by atoms with E-state index < -0.39 is 0 Å². The van der Waals surface area contributed by atoms with Crippen molar-refractivity contribution in [3.05, 3.63) is 64.7 Å². The minimum Gasteiger partial charge on any atom is -0.431 e. The van der Waals surface area contributed by atoms with Gasteiger partial charge < -0.3 is 4.42 Å². The van der Waals surface area contributed by atoms with Crippen molar-refractivity contribution >= 4 is 39.5 Å². The number of para-hydroxylation sites is 3. The number of aryl methyl sites for hydroxylation is 1. The molecule has 0 spiro atoms. The van der Waals surface area contributed by atoms with Crippen LogP contribution < -0.4 is 5.56 Å². The largest absolute Gasteiger partial charge is 0.431 e. The number of rotatable bonds is 4. The molecular weight excluding hydrogens is 362 g/mol. The van der Waals surface area contributed by atoms with E-state index >= 15 is 0 Å². The molecule has 27 heavy (non-hydrogen) atoms. The summed E-state index contributed by atoms with van der Waals surface area (Å²) in [4.78, 5) is 17.2. The lowest BCUT2D eigenvalue weighted by atomic mass is 10.2. The van der Waals surface area contributed by atoms with Gasteiger partial charge in [-0.25, -0.2) is 4.98 Å². The van der Waals surface area contributed by atoms with E-state index in [9.17, 15) is 4.79 Å². The molecule has 5 aromatic rings. The van der Waals surface area contributed by atoms with Crippen molar-refractivity contribution in [3.8, 4) is 0 Å². The SMILES string of the molecule is CCn1c(=O)c2ccccc2n2c(CSc3nc4ccccc4o3)nnc12. The molecule has 0 radical (unpaired) electrons. The van der Waals surface area contributed by atoms with Crippen LogP contribution in [0.5, 0.6) is 0 Å². The third-order valence-electron chi connectivity index (χ3n) is 4.49. The maximum atomic E-state index is 12.7. The third-order valence-corrected chi connectivity index (χ3v) is 5.31. The molecule has 0 saturated carbocycles. The summed E-state index contributed by atoms with van der Waals surface area (Å²) in [6.45, 7) is 2.46. The molecule has 0 aliphatic heterocycles. The number of benzene rings is 2. The van der Waals surface area contributed by atoms with Gasteiger partial charge in [-0.15, -0.1) is 10.2 Å². The number of hydrogen-bond donors (Lipinski definition) is 0. The lowest BCUT2D eigenvalue weighted by Gasteiger charge is -2.09. The van der Waals surface area contributed by atoms with Gasteiger partial charge in [0, 0.05) is 6.54 Å². The second kappa shape index (κ2) is 6.24. The maximum absolute atomic E-state index is 12.7. The van der Waals surface area contributed by atoms with Crippen LogP contribution in [0.2, 0.25) is 0 Å². The summed E-state index contributed by atoms with van der Waals surface area (Å²) in [5.41, 5.74) is 2.35. The van der Waals surface area contributed by atoms with Gasteiger partial charge in [-0.3, -0.25) is 13.8 Å². The Bertz CT molecular complexity index is 1320. The molecule has 5 rings (SSSR count). The number of nitrogens with zero attached hydrogens (tertiary/aromatic N) is 5. The minimum absolute atomic E-state index is 0.0499. The fraction of sp³-hybridized carbons (Fsp3) is 0.158.